The number of hydrogen-bond acceptors (Lipinski definition) is 4. The molecule has 0 amide bonds. The lowest BCUT2D eigenvalue weighted by Crippen LogP contribution is -2.15. The van der Waals surface area contributed by atoms with Crippen molar-refractivity contribution in [1.82, 2.24) is 15.3 Å². The van der Waals surface area contributed by atoms with Gasteiger partial charge in [-0.25, -0.2) is 4.98 Å². The van der Waals surface area contributed by atoms with Gasteiger partial charge in [0.15, 0.2) is 0 Å². The molecule has 1 fully saturated rings. The average molecular weight is 259 g/mol. The Morgan fingerprint density at radius 1 is 1.39 bits per heavy atom. The van der Waals surface area contributed by atoms with Crippen molar-refractivity contribution in [3.63, 3.8) is 0 Å². The molecule has 0 aromatic carbocycles. The predicted octanol–water partition coefficient (Wildman–Crippen LogP) is 3.02. The van der Waals surface area contributed by atoms with Crippen LogP contribution in [0.25, 0.3) is 10.7 Å². The van der Waals surface area contributed by atoms with Crippen LogP contribution in [0.1, 0.15) is 30.3 Å². The first-order valence-corrected chi connectivity index (χ1v) is 7.32. The summed E-state index contributed by atoms with van der Waals surface area (Å²) in [5, 5.41) is 4.60. The largest absolute Gasteiger partial charge is 0.309 e. The van der Waals surface area contributed by atoms with Crippen LogP contribution in [0.15, 0.2) is 24.4 Å². The average Bonchev–Trinajstić information content (AvgIpc) is 3.16. The SMILES string of the molecule is CCc1nc(-c2ccccn2)sc1CNC1CC1. The van der Waals surface area contributed by atoms with Gasteiger partial charge in [0.05, 0.1) is 11.4 Å². The molecule has 1 aliphatic rings. The van der Waals surface area contributed by atoms with E-state index in [0.717, 1.165) is 29.7 Å². The highest BCUT2D eigenvalue weighted by molar-refractivity contribution is 7.15. The first-order valence-electron chi connectivity index (χ1n) is 6.50. The summed E-state index contributed by atoms with van der Waals surface area (Å²) in [6.07, 6.45) is 5.47. The first kappa shape index (κ1) is 11.8. The number of pyridine rings is 1. The van der Waals surface area contributed by atoms with Crippen LogP contribution in [-0.2, 0) is 13.0 Å². The van der Waals surface area contributed by atoms with Gasteiger partial charge in [0.1, 0.15) is 5.01 Å². The Labute approximate surface area is 111 Å². The molecule has 94 valence electrons. The van der Waals surface area contributed by atoms with E-state index in [0.29, 0.717) is 0 Å². The van der Waals surface area contributed by atoms with Crippen molar-refractivity contribution in [2.24, 2.45) is 0 Å². The summed E-state index contributed by atoms with van der Waals surface area (Å²) in [5.41, 5.74) is 2.20. The lowest BCUT2D eigenvalue weighted by molar-refractivity contribution is 0.689. The summed E-state index contributed by atoms with van der Waals surface area (Å²) in [4.78, 5) is 10.5. The van der Waals surface area contributed by atoms with Crippen molar-refractivity contribution < 1.29 is 0 Å². The molecule has 0 atom stereocenters. The van der Waals surface area contributed by atoms with Gasteiger partial charge in [0, 0.05) is 23.7 Å². The normalized spacial score (nSPS) is 14.9. The molecule has 18 heavy (non-hydrogen) atoms. The first-order chi connectivity index (χ1) is 8.86. The van der Waals surface area contributed by atoms with Gasteiger partial charge < -0.3 is 5.32 Å². The quantitative estimate of drug-likeness (QED) is 0.897. The Hall–Kier alpha value is -1.26. The number of aromatic nitrogens is 2. The second-order valence-corrected chi connectivity index (χ2v) is 5.70. The molecule has 0 radical (unpaired) electrons. The van der Waals surface area contributed by atoms with Crippen LogP contribution in [0, 0.1) is 0 Å². The zero-order valence-corrected chi connectivity index (χ0v) is 11.3. The molecule has 0 saturated heterocycles. The summed E-state index contributed by atoms with van der Waals surface area (Å²) in [6, 6.07) is 6.72. The van der Waals surface area contributed by atoms with Gasteiger partial charge in [-0.15, -0.1) is 11.3 Å². The second kappa shape index (κ2) is 5.16. The molecule has 2 heterocycles. The van der Waals surface area contributed by atoms with Crippen LogP contribution in [0.4, 0.5) is 0 Å². The molecular formula is C14H17N3S. The van der Waals surface area contributed by atoms with Crippen molar-refractivity contribution in [3.05, 3.63) is 35.0 Å². The van der Waals surface area contributed by atoms with Crippen LogP contribution in [0.5, 0.6) is 0 Å². The highest BCUT2D eigenvalue weighted by Gasteiger charge is 2.21. The highest BCUT2D eigenvalue weighted by atomic mass is 32.1. The monoisotopic (exact) mass is 259 g/mol. The van der Waals surface area contributed by atoms with E-state index in [1.54, 1.807) is 11.3 Å². The van der Waals surface area contributed by atoms with E-state index in [1.165, 1.54) is 23.4 Å². The van der Waals surface area contributed by atoms with Gasteiger partial charge >= 0.3 is 0 Å². The number of hydrogen-bond donors (Lipinski definition) is 1. The zero-order chi connectivity index (χ0) is 12.4. The van der Waals surface area contributed by atoms with Crippen molar-refractivity contribution in [2.75, 3.05) is 0 Å². The third-order valence-electron chi connectivity index (χ3n) is 3.13. The fraction of sp³-hybridized carbons (Fsp3) is 0.429. The van der Waals surface area contributed by atoms with Gasteiger partial charge in [0.2, 0.25) is 0 Å². The van der Waals surface area contributed by atoms with Crippen molar-refractivity contribution >= 4 is 11.3 Å². The number of rotatable bonds is 5. The minimum atomic E-state index is 0.745. The summed E-state index contributed by atoms with van der Waals surface area (Å²) < 4.78 is 0. The topological polar surface area (TPSA) is 37.8 Å². The third-order valence-corrected chi connectivity index (χ3v) is 4.25. The van der Waals surface area contributed by atoms with Gasteiger partial charge in [-0.3, -0.25) is 4.98 Å². The summed E-state index contributed by atoms with van der Waals surface area (Å²) in [7, 11) is 0. The summed E-state index contributed by atoms with van der Waals surface area (Å²) >= 11 is 1.77. The molecule has 1 N–H and O–H groups in total. The molecule has 0 aliphatic heterocycles. The maximum absolute atomic E-state index is 4.71. The van der Waals surface area contributed by atoms with Crippen LogP contribution in [0.2, 0.25) is 0 Å². The Balaban J connectivity index is 1.82. The lowest BCUT2D eigenvalue weighted by Gasteiger charge is -2.00. The minimum Gasteiger partial charge on any atom is -0.309 e. The number of aryl methyl sites for hydroxylation is 1. The minimum absolute atomic E-state index is 0.745. The molecule has 3 rings (SSSR count). The zero-order valence-electron chi connectivity index (χ0n) is 10.5. The number of thiazole rings is 1. The van der Waals surface area contributed by atoms with E-state index in [2.05, 4.69) is 17.2 Å². The molecule has 4 heteroatoms. The van der Waals surface area contributed by atoms with Crippen molar-refractivity contribution in [2.45, 2.75) is 38.8 Å². The Kier molecular flexibility index (Phi) is 3.39. The summed E-state index contributed by atoms with van der Waals surface area (Å²) in [6.45, 7) is 3.12. The second-order valence-electron chi connectivity index (χ2n) is 4.61. The fourth-order valence-electron chi connectivity index (χ4n) is 1.92. The van der Waals surface area contributed by atoms with E-state index < -0.39 is 0 Å². The van der Waals surface area contributed by atoms with Gasteiger partial charge in [0.25, 0.3) is 0 Å². The van der Waals surface area contributed by atoms with E-state index in [-0.39, 0.29) is 0 Å². The lowest BCUT2D eigenvalue weighted by atomic mass is 10.3. The van der Waals surface area contributed by atoms with Crippen LogP contribution in [0.3, 0.4) is 0 Å². The van der Waals surface area contributed by atoms with Crippen LogP contribution >= 0.6 is 11.3 Å². The van der Waals surface area contributed by atoms with E-state index in [1.807, 2.05) is 24.4 Å². The number of nitrogens with one attached hydrogen (secondary N) is 1. The summed E-state index contributed by atoms with van der Waals surface area (Å²) in [5.74, 6) is 0. The molecule has 0 bridgehead atoms. The van der Waals surface area contributed by atoms with Gasteiger partial charge in [-0.2, -0.15) is 0 Å². The smallest absolute Gasteiger partial charge is 0.142 e. The van der Waals surface area contributed by atoms with Gasteiger partial charge in [-0.1, -0.05) is 13.0 Å². The van der Waals surface area contributed by atoms with E-state index >= 15 is 0 Å². The van der Waals surface area contributed by atoms with Crippen LogP contribution < -0.4 is 5.32 Å². The molecule has 2 aromatic heterocycles. The molecule has 1 saturated carbocycles. The van der Waals surface area contributed by atoms with Crippen molar-refractivity contribution in [1.29, 1.82) is 0 Å². The highest BCUT2D eigenvalue weighted by Crippen LogP contribution is 2.28. The molecule has 0 spiro atoms. The maximum Gasteiger partial charge on any atom is 0.142 e. The van der Waals surface area contributed by atoms with Crippen LogP contribution in [-0.4, -0.2) is 16.0 Å². The predicted molar refractivity (Wildman–Crippen MR) is 74.6 cm³/mol. The third kappa shape index (κ3) is 2.60. The maximum atomic E-state index is 4.71. The molecule has 0 unspecified atom stereocenters. The molecule has 1 aliphatic carbocycles. The van der Waals surface area contributed by atoms with Crippen molar-refractivity contribution in [3.8, 4) is 10.7 Å². The fourth-order valence-corrected chi connectivity index (χ4v) is 3.00. The molecule has 3 nitrogen and oxygen atoms in total. The molecule has 2 aromatic rings. The number of nitrogens with zero attached hydrogens (tertiary/aromatic N) is 2. The van der Waals surface area contributed by atoms with E-state index in [9.17, 15) is 0 Å². The Morgan fingerprint density at radius 2 is 2.28 bits per heavy atom. The Bertz CT molecular complexity index is 517. The molecular weight excluding hydrogens is 242 g/mol. The standard InChI is InChI=1S/C14H17N3S/c1-2-11-13(9-16-10-6-7-10)18-14(17-11)12-5-3-4-8-15-12/h3-5,8,10,16H,2,6-7,9H2,1H3. The van der Waals surface area contributed by atoms with Gasteiger partial charge in [-0.05, 0) is 31.4 Å². The van der Waals surface area contributed by atoms with E-state index in [4.69, 9.17) is 4.98 Å². The Morgan fingerprint density at radius 3 is 2.94 bits per heavy atom.